The summed E-state index contributed by atoms with van der Waals surface area (Å²) in [6, 6.07) is 11.7. The van der Waals surface area contributed by atoms with E-state index in [1.165, 1.54) is 0 Å². The average Bonchev–Trinajstić information content (AvgIpc) is 3.52. The van der Waals surface area contributed by atoms with Crippen LogP contribution < -0.4 is 9.47 Å². The fourth-order valence-corrected chi connectivity index (χ4v) is 3.69. The van der Waals surface area contributed by atoms with E-state index in [0.717, 1.165) is 59.7 Å². The van der Waals surface area contributed by atoms with E-state index >= 15 is 0 Å². The fourth-order valence-electron chi connectivity index (χ4n) is 3.69. The number of aromatic amines is 2. The van der Waals surface area contributed by atoms with E-state index in [0.29, 0.717) is 26.1 Å². The minimum absolute atomic E-state index is 0.174. The van der Waals surface area contributed by atoms with Gasteiger partial charge in [0.1, 0.15) is 11.5 Å². The van der Waals surface area contributed by atoms with Gasteiger partial charge in [0, 0.05) is 47.8 Å². The average molecular weight is 469 g/mol. The Bertz CT molecular complexity index is 944. The lowest BCUT2D eigenvalue weighted by Crippen LogP contribution is -2.03. The number of aliphatic carboxylic acids is 2. The SMILES string of the molecule is O=C(O)CCCCCOc1cc(-c2ccc[nH]2)c(OCCCCCC(=O)O)cc1-c1ccc[nH]1. The first-order valence-corrected chi connectivity index (χ1v) is 11.7. The van der Waals surface area contributed by atoms with Crippen molar-refractivity contribution in [1.82, 2.24) is 9.97 Å². The fraction of sp³-hybridized carbons (Fsp3) is 0.385. The summed E-state index contributed by atoms with van der Waals surface area (Å²) in [7, 11) is 0. The van der Waals surface area contributed by atoms with Gasteiger partial charge in [-0.15, -0.1) is 0 Å². The van der Waals surface area contributed by atoms with E-state index in [-0.39, 0.29) is 12.8 Å². The molecule has 3 rings (SSSR count). The monoisotopic (exact) mass is 468 g/mol. The molecule has 0 saturated heterocycles. The molecule has 0 aliphatic heterocycles. The van der Waals surface area contributed by atoms with Gasteiger partial charge in [0.25, 0.3) is 0 Å². The normalized spacial score (nSPS) is 10.8. The second-order valence-corrected chi connectivity index (χ2v) is 8.12. The van der Waals surface area contributed by atoms with Gasteiger partial charge in [-0.3, -0.25) is 9.59 Å². The Balaban J connectivity index is 1.75. The first-order chi connectivity index (χ1) is 16.5. The first-order valence-electron chi connectivity index (χ1n) is 11.7. The molecule has 1 aromatic carbocycles. The maximum absolute atomic E-state index is 10.7. The predicted octanol–water partition coefficient (Wildman–Crippen LogP) is 5.72. The van der Waals surface area contributed by atoms with Gasteiger partial charge in [-0.05, 0) is 74.9 Å². The van der Waals surface area contributed by atoms with Crippen molar-refractivity contribution >= 4 is 11.9 Å². The molecule has 182 valence electrons. The molecule has 0 unspecified atom stereocenters. The molecule has 3 aromatic rings. The van der Waals surface area contributed by atoms with Crippen molar-refractivity contribution < 1.29 is 29.3 Å². The molecule has 0 fully saturated rings. The second kappa shape index (κ2) is 13.1. The molecule has 0 spiro atoms. The van der Waals surface area contributed by atoms with Crippen molar-refractivity contribution in [3.63, 3.8) is 0 Å². The van der Waals surface area contributed by atoms with Gasteiger partial charge in [-0.1, -0.05) is 0 Å². The van der Waals surface area contributed by atoms with Gasteiger partial charge in [-0.25, -0.2) is 0 Å². The lowest BCUT2D eigenvalue weighted by Gasteiger charge is -2.17. The van der Waals surface area contributed by atoms with E-state index in [2.05, 4.69) is 9.97 Å². The van der Waals surface area contributed by atoms with Crippen LogP contribution in [0.25, 0.3) is 22.5 Å². The van der Waals surface area contributed by atoms with E-state index < -0.39 is 11.9 Å². The number of nitrogens with one attached hydrogen (secondary N) is 2. The number of rotatable bonds is 16. The van der Waals surface area contributed by atoms with Crippen molar-refractivity contribution in [2.24, 2.45) is 0 Å². The topological polar surface area (TPSA) is 125 Å². The number of carboxylic acids is 2. The van der Waals surface area contributed by atoms with Crippen molar-refractivity contribution in [2.75, 3.05) is 13.2 Å². The molecule has 8 heteroatoms. The van der Waals surface area contributed by atoms with Gasteiger partial charge in [0.15, 0.2) is 0 Å². The molecule has 0 aliphatic rings. The number of hydrogen-bond acceptors (Lipinski definition) is 4. The zero-order valence-corrected chi connectivity index (χ0v) is 19.2. The highest BCUT2D eigenvalue weighted by molar-refractivity contribution is 5.79. The van der Waals surface area contributed by atoms with Crippen molar-refractivity contribution in [3.05, 3.63) is 48.8 Å². The van der Waals surface area contributed by atoms with Crippen molar-refractivity contribution in [3.8, 4) is 34.0 Å². The van der Waals surface area contributed by atoms with Crippen molar-refractivity contribution in [1.29, 1.82) is 0 Å². The van der Waals surface area contributed by atoms with Crippen LogP contribution >= 0.6 is 0 Å². The highest BCUT2D eigenvalue weighted by Gasteiger charge is 2.16. The lowest BCUT2D eigenvalue weighted by molar-refractivity contribution is -0.138. The molecule has 2 heterocycles. The number of carboxylic acid groups (broad SMARTS) is 2. The van der Waals surface area contributed by atoms with Crippen molar-refractivity contribution in [2.45, 2.75) is 51.4 Å². The Labute approximate surface area is 198 Å². The van der Waals surface area contributed by atoms with Crippen LogP contribution in [0.2, 0.25) is 0 Å². The summed E-state index contributed by atoms with van der Waals surface area (Å²) >= 11 is 0. The molecular weight excluding hydrogens is 436 g/mol. The molecule has 0 atom stereocenters. The highest BCUT2D eigenvalue weighted by atomic mass is 16.5. The van der Waals surface area contributed by atoms with Crippen LogP contribution in [0.1, 0.15) is 51.4 Å². The van der Waals surface area contributed by atoms with Gasteiger partial charge < -0.3 is 29.7 Å². The molecule has 34 heavy (non-hydrogen) atoms. The van der Waals surface area contributed by atoms with Gasteiger partial charge in [0.2, 0.25) is 0 Å². The minimum Gasteiger partial charge on any atom is -0.493 e. The molecule has 0 aliphatic carbocycles. The first kappa shape index (κ1) is 25.0. The van der Waals surface area contributed by atoms with Gasteiger partial charge in [-0.2, -0.15) is 0 Å². The lowest BCUT2D eigenvalue weighted by atomic mass is 10.0. The summed E-state index contributed by atoms with van der Waals surface area (Å²) in [6.07, 6.45) is 8.44. The maximum atomic E-state index is 10.7. The van der Waals surface area contributed by atoms with E-state index in [4.69, 9.17) is 19.7 Å². The van der Waals surface area contributed by atoms with Gasteiger partial charge in [0.05, 0.1) is 13.2 Å². The number of benzene rings is 1. The molecule has 0 amide bonds. The summed E-state index contributed by atoms with van der Waals surface area (Å²) < 4.78 is 12.3. The van der Waals surface area contributed by atoms with Crippen LogP contribution in [0, 0.1) is 0 Å². The molecule has 4 N–H and O–H groups in total. The Morgan fingerprint density at radius 3 is 1.47 bits per heavy atom. The third-order valence-corrected chi connectivity index (χ3v) is 5.44. The molecule has 0 saturated carbocycles. The third-order valence-electron chi connectivity index (χ3n) is 5.44. The Morgan fingerprint density at radius 2 is 1.12 bits per heavy atom. The number of H-pyrrole nitrogens is 2. The predicted molar refractivity (Wildman–Crippen MR) is 129 cm³/mol. The molecular formula is C26H32N2O6. The number of unbranched alkanes of at least 4 members (excludes halogenated alkanes) is 4. The summed E-state index contributed by atoms with van der Waals surface area (Å²) in [4.78, 5) is 27.8. The summed E-state index contributed by atoms with van der Waals surface area (Å²) in [5.74, 6) is -0.107. The Kier molecular flexibility index (Phi) is 9.64. The van der Waals surface area contributed by atoms with Crippen LogP contribution in [-0.4, -0.2) is 45.3 Å². The highest BCUT2D eigenvalue weighted by Crippen LogP contribution is 2.40. The Morgan fingerprint density at radius 1 is 0.676 bits per heavy atom. The van der Waals surface area contributed by atoms with E-state index in [9.17, 15) is 9.59 Å². The molecule has 8 nitrogen and oxygen atoms in total. The number of hydrogen-bond donors (Lipinski definition) is 4. The smallest absolute Gasteiger partial charge is 0.303 e. The van der Waals surface area contributed by atoms with E-state index in [1.807, 2.05) is 48.8 Å². The molecule has 0 bridgehead atoms. The zero-order valence-electron chi connectivity index (χ0n) is 19.2. The minimum atomic E-state index is -0.775. The van der Waals surface area contributed by atoms with E-state index in [1.54, 1.807) is 0 Å². The van der Waals surface area contributed by atoms with Crippen LogP contribution in [0.15, 0.2) is 48.8 Å². The molecule has 0 radical (unpaired) electrons. The number of ether oxygens (including phenoxy) is 2. The standard InChI is InChI=1S/C26H32N2O6/c29-25(30)11-3-1-5-15-33-23-17-20(22-10-8-14-28-22)24(18-19(23)21-9-7-13-27-21)34-16-6-2-4-12-26(31)32/h7-10,13-14,17-18,27-28H,1-6,11-12,15-16H2,(H,29,30)(H,31,32). The van der Waals surface area contributed by atoms with Crippen LogP contribution in [0.4, 0.5) is 0 Å². The number of carbonyl (C=O) groups is 2. The zero-order chi connectivity index (χ0) is 24.2. The maximum Gasteiger partial charge on any atom is 0.303 e. The van der Waals surface area contributed by atoms with Crippen LogP contribution in [0.3, 0.4) is 0 Å². The van der Waals surface area contributed by atoms with Crippen LogP contribution in [0.5, 0.6) is 11.5 Å². The summed E-state index contributed by atoms with van der Waals surface area (Å²) in [5.41, 5.74) is 3.58. The second-order valence-electron chi connectivity index (χ2n) is 8.12. The van der Waals surface area contributed by atoms with Gasteiger partial charge >= 0.3 is 11.9 Å². The quantitative estimate of drug-likeness (QED) is 0.199. The summed E-state index contributed by atoms with van der Waals surface area (Å²) in [5, 5.41) is 17.6. The van der Waals surface area contributed by atoms with Crippen LogP contribution in [-0.2, 0) is 9.59 Å². The number of aromatic nitrogens is 2. The summed E-state index contributed by atoms with van der Waals surface area (Å²) in [6.45, 7) is 0.975. The largest absolute Gasteiger partial charge is 0.493 e. The molecule has 2 aromatic heterocycles. The third kappa shape index (κ3) is 7.72. The Hall–Kier alpha value is -3.68.